The molecule has 18 heavy (non-hydrogen) atoms. The summed E-state index contributed by atoms with van der Waals surface area (Å²) < 4.78 is 7.68. The Labute approximate surface area is 109 Å². The number of hydrogen-bond donors (Lipinski definition) is 1. The lowest BCUT2D eigenvalue weighted by atomic mass is 10.3. The van der Waals surface area contributed by atoms with Crippen LogP contribution < -0.4 is 5.32 Å². The van der Waals surface area contributed by atoms with Gasteiger partial charge in [0.05, 0.1) is 24.9 Å². The summed E-state index contributed by atoms with van der Waals surface area (Å²) in [6.45, 7) is 5.53. The van der Waals surface area contributed by atoms with E-state index >= 15 is 0 Å². The molecule has 1 fully saturated rings. The zero-order valence-electron chi connectivity index (χ0n) is 11.3. The Hall–Kier alpha value is -0.940. The molecule has 1 aliphatic carbocycles. The number of nitrogens with one attached hydrogen (secondary N) is 1. The number of hydrogen-bond acceptors (Lipinski definition) is 4. The van der Waals surface area contributed by atoms with E-state index in [9.17, 15) is 0 Å². The number of ether oxygens (including phenoxy) is 1. The number of aromatic nitrogens is 3. The van der Waals surface area contributed by atoms with Crippen molar-refractivity contribution in [1.82, 2.24) is 20.3 Å². The molecule has 1 aromatic rings. The van der Waals surface area contributed by atoms with Gasteiger partial charge in [-0.2, -0.15) is 0 Å². The van der Waals surface area contributed by atoms with Crippen molar-refractivity contribution in [2.45, 2.75) is 58.2 Å². The van der Waals surface area contributed by atoms with E-state index in [1.807, 2.05) is 10.9 Å². The molecule has 0 radical (unpaired) electrons. The third-order valence-electron chi connectivity index (χ3n) is 3.30. The van der Waals surface area contributed by atoms with Gasteiger partial charge in [0.25, 0.3) is 0 Å². The van der Waals surface area contributed by atoms with Crippen molar-refractivity contribution in [3.8, 4) is 0 Å². The third kappa shape index (κ3) is 4.38. The first kappa shape index (κ1) is 13.5. The number of nitrogens with zero attached hydrogens (tertiary/aromatic N) is 3. The molecule has 1 saturated carbocycles. The minimum absolute atomic E-state index is 0.485. The molecule has 0 atom stereocenters. The zero-order chi connectivity index (χ0) is 12.6. The van der Waals surface area contributed by atoms with Crippen LogP contribution in [0.2, 0.25) is 0 Å². The van der Waals surface area contributed by atoms with Gasteiger partial charge in [0, 0.05) is 12.7 Å². The van der Waals surface area contributed by atoms with Crippen LogP contribution in [0, 0.1) is 0 Å². The topological polar surface area (TPSA) is 52.0 Å². The molecule has 2 rings (SSSR count). The van der Waals surface area contributed by atoms with Crippen LogP contribution in [0.4, 0.5) is 0 Å². The molecule has 1 N–H and O–H groups in total. The molecule has 0 saturated heterocycles. The molecule has 1 aliphatic rings. The van der Waals surface area contributed by atoms with Crippen LogP contribution in [0.1, 0.15) is 44.7 Å². The van der Waals surface area contributed by atoms with Crippen molar-refractivity contribution >= 4 is 0 Å². The van der Waals surface area contributed by atoms with E-state index in [4.69, 9.17) is 4.74 Å². The minimum Gasteiger partial charge on any atom is -0.376 e. The van der Waals surface area contributed by atoms with Crippen LogP contribution in [0.25, 0.3) is 0 Å². The lowest BCUT2D eigenvalue weighted by Gasteiger charge is -2.10. The van der Waals surface area contributed by atoms with Crippen molar-refractivity contribution in [1.29, 1.82) is 0 Å². The first-order chi connectivity index (χ1) is 8.88. The predicted molar refractivity (Wildman–Crippen MR) is 70.2 cm³/mol. The first-order valence-corrected chi connectivity index (χ1v) is 7.10. The molecular weight excluding hydrogens is 228 g/mol. The summed E-state index contributed by atoms with van der Waals surface area (Å²) in [4.78, 5) is 0. The van der Waals surface area contributed by atoms with Gasteiger partial charge in [-0.15, -0.1) is 5.10 Å². The summed E-state index contributed by atoms with van der Waals surface area (Å²) in [5.41, 5.74) is 1.00. The Kier molecular flexibility index (Phi) is 5.61. The van der Waals surface area contributed by atoms with Crippen molar-refractivity contribution in [3.05, 3.63) is 11.9 Å². The predicted octanol–water partition coefficient (Wildman–Crippen LogP) is 1.74. The Balaban J connectivity index is 1.63. The van der Waals surface area contributed by atoms with Gasteiger partial charge in [-0.3, -0.25) is 0 Å². The van der Waals surface area contributed by atoms with Crippen LogP contribution >= 0.6 is 0 Å². The summed E-state index contributed by atoms with van der Waals surface area (Å²) in [6, 6.07) is 0. The van der Waals surface area contributed by atoms with Gasteiger partial charge in [-0.05, 0) is 25.8 Å². The Morgan fingerprint density at radius 2 is 2.28 bits per heavy atom. The molecule has 0 spiro atoms. The Morgan fingerprint density at radius 3 is 3.06 bits per heavy atom. The van der Waals surface area contributed by atoms with Crippen molar-refractivity contribution < 1.29 is 4.74 Å². The molecule has 0 unspecified atom stereocenters. The second-order valence-corrected chi connectivity index (χ2v) is 4.93. The summed E-state index contributed by atoms with van der Waals surface area (Å²) in [7, 11) is 0. The largest absolute Gasteiger partial charge is 0.376 e. The lowest BCUT2D eigenvalue weighted by molar-refractivity contribution is 0.0512. The van der Waals surface area contributed by atoms with Crippen molar-refractivity contribution in [2.75, 3.05) is 13.2 Å². The van der Waals surface area contributed by atoms with E-state index < -0.39 is 0 Å². The maximum atomic E-state index is 5.81. The average Bonchev–Trinajstić information content (AvgIpc) is 3.01. The molecule has 5 heteroatoms. The summed E-state index contributed by atoms with van der Waals surface area (Å²) >= 11 is 0. The second-order valence-electron chi connectivity index (χ2n) is 4.93. The molecular formula is C13H24N4O. The maximum absolute atomic E-state index is 5.81. The average molecular weight is 252 g/mol. The van der Waals surface area contributed by atoms with Gasteiger partial charge in [0.15, 0.2) is 0 Å². The molecule has 0 aromatic carbocycles. The Bertz CT molecular complexity index is 333. The van der Waals surface area contributed by atoms with Crippen LogP contribution in [0.3, 0.4) is 0 Å². The van der Waals surface area contributed by atoms with Gasteiger partial charge < -0.3 is 10.1 Å². The SMILES string of the molecule is CCCNCc1cn(CCOC2CCCC2)nn1. The van der Waals surface area contributed by atoms with Crippen LogP contribution in [0.5, 0.6) is 0 Å². The summed E-state index contributed by atoms with van der Waals surface area (Å²) in [5, 5.41) is 11.6. The number of rotatable bonds is 8. The Morgan fingerprint density at radius 1 is 1.44 bits per heavy atom. The van der Waals surface area contributed by atoms with E-state index in [2.05, 4.69) is 22.6 Å². The molecule has 5 nitrogen and oxygen atoms in total. The van der Waals surface area contributed by atoms with Crippen LogP contribution in [-0.4, -0.2) is 34.2 Å². The van der Waals surface area contributed by atoms with E-state index in [-0.39, 0.29) is 0 Å². The van der Waals surface area contributed by atoms with E-state index in [0.717, 1.165) is 38.4 Å². The van der Waals surface area contributed by atoms with Gasteiger partial charge in [0.2, 0.25) is 0 Å². The van der Waals surface area contributed by atoms with Crippen molar-refractivity contribution in [2.24, 2.45) is 0 Å². The fourth-order valence-electron chi connectivity index (χ4n) is 2.29. The summed E-state index contributed by atoms with van der Waals surface area (Å²) in [5.74, 6) is 0. The van der Waals surface area contributed by atoms with Gasteiger partial charge in [0.1, 0.15) is 0 Å². The van der Waals surface area contributed by atoms with Crippen LogP contribution in [0.15, 0.2) is 6.20 Å². The molecule has 1 heterocycles. The smallest absolute Gasteiger partial charge is 0.0964 e. The van der Waals surface area contributed by atoms with Gasteiger partial charge in [-0.25, -0.2) is 4.68 Å². The highest BCUT2D eigenvalue weighted by Gasteiger charge is 2.14. The highest BCUT2D eigenvalue weighted by molar-refractivity contribution is 4.91. The molecule has 0 bridgehead atoms. The summed E-state index contributed by atoms with van der Waals surface area (Å²) in [6.07, 6.45) is 8.72. The normalized spacial score (nSPS) is 16.5. The fourth-order valence-corrected chi connectivity index (χ4v) is 2.29. The highest BCUT2D eigenvalue weighted by atomic mass is 16.5. The quantitative estimate of drug-likeness (QED) is 0.716. The highest BCUT2D eigenvalue weighted by Crippen LogP contribution is 2.20. The van der Waals surface area contributed by atoms with Crippen molar-refractivity contribution in [3.63, 3.8) is 0 Å². The molecule has 102 valence electrons. The monoisotopic (exact) mass is 252 g/mol. The zero-order valence-corrected chi connectivity index (χ0v) is 11.3. The van der Waals surface area contributed by atoms with Gasteiger partial charge in [-0.1, -0.05) is 25.0 Å². The second kappa shape index (κ2) is 7.48. The van der Waals surface area contributed by atoms with Crippen LogP contribution in [-0.2, 0) is 17.8 Å². The fraction of sp³-hybridized carbons (Fsp3) is 0.846. The molecule has 0 aliphatic heterocycles. The minimum atomic E-state index is 0.485. The third-order valence-corrected chi connectivity index (χ3v) is 3.30. The standard InChI is InChI=1S/C13H24N4O/c1-2-7-14-10-12-11-17(16-15-12)8-9-18-13-5-3-4-6-13/h11,13-14H,2-10H2,1H3. The first-order valence-electron chi connectivity index (χ1n) is 7.10. The molecule has 0 amide bonds. The van der Waals surface area contributed by atoms with Gasteiger partial charge >= 0.3 is 0 Å². The van der Waals surface area contributed by atoms with E-state index in [1.165, 1.54) is 25.7 Å². The van der Waals surface area contributed by atoms with E-state index in [0.29, 0.717) is 6.10 Å². The molecule has 1 aromatic heterocycles. The lowest BCUT2D eigenvalue weighted by Crippen LogP contribution is -2.14. The van der Waals surface area contributed by atoms with E-state index in [1.54, 1.807) is 0 Å². The maximum Gasteiger partial charge on any atom is 0.0964 e.